The van der Waals surface area contributed by atoms with Crippen molar-refractivity contribution in [1.82, 2.24) is 4.57 Å². The Balaban J connectivity index is 1.06. The third kappa shape index (κ3) is 6.44. The van der Waals surface area contributed by atoms with Crippen LogP contribution in [0.3, 0.4) is 0 Å². The minimum atomic E-state index is 1.08. The number of benzene rings is 11. The van der Waals surface area contributed by atoms with Crippen LogP contribution in [0, 0.1) is 0 Å². The molecule has 12 aromatic rings. The van der Waals surface area contributed by atoms with E-state index in [0.717, 1.165) is 33.9 Å². The van der Waals surface area contributed by atoms with Crippen LogP contribution in [0.15, 0.2) is 255 Å². The molecule has 2 nitrogen and oxygen atoms in total. The maximum Gasteiger partial charge on any atom is 0.0547 e. The number of rotatable bonds is 8. The smallest absolute Gasteiger partial charge is 0.0547 e. The fourth-order valence-electron chi connectivity index (χ4n) is 9.85. The van der Waals surface area contributed by atoms with Crippen molar-refractivity contribution in [2.45, 2.75) is 0 Å². The second-order valence-electron chi connectivity index (χ2n) is 16.5. The number of fused-ring (bicyclic) bond motifs is 5. The zero-order valence-electron chi connectivity index (χ0n) is 35.1. The highest BCUT2D eigenvalue weighted by atomic mass is 15.1. The van der Waals surface area contributed by atoms with E-state index in [2.05, 4.69) is 264 Å². The van der Waals surface area contributed by atoms with Crippen LogP contribution in [-0.2, 0) is 0 Å². The Labute approximate surface area is 373 Å². The molecule has 0 amide bonds. The van der Waals surface area contributed by atoms with Crippen LogP contribution in [0.25, 0.3) is 93.5 Å². The number of anilines is 3. The molecule has 0 fully saturated rings. The van der Waals surface area contributed by atoms with Gasteiger partial charge in [0.2, 0.25) is 0 Å². The molecule has 0 radical (unpaired) electrons. The summed E-state index contributed by atoms with van der Waals surface area (Å²) in [5, 5.41) is 7.42. The Kier molecular flexibility index (Phi) is 9.20. The van der Waals surface area contributed by atoms with Gasteiger partial charge in [-0.15, -0.1) is 0 Å². The quantitative estimate of drug-likeness (QED) is 0.148. The van der Waals surface area contributed by atoms with Crippen molar-refractivity contribution in [2.24, 2.45) is 0 Å². The maximum atomic E-state index is 2.44. The normalized spacial score (nSPS) is 11.4. The van der Waals surface area contributed by atoms with Gasteiger partial charge in [-0.2, -0.15) is 0 Å². The van der Waals surface area contributed by atoms with Crippen LogP contribution in [0.4, 0.5) is 17.1 Å². The number of aromatic nitrogens is 1. The highest BCUT2D eigenvalue weighted by Gasteiger charge is 2.22. The van der Waals surface area contributed by atoms with Crippen LogP contribution in [0.1, 0.15) is 0 Å². The number of hydrogen-bond acceptors (Lipinski definition) is 1. The lowest BCUT2D eigenvalue weighted by atomic mass is 9.90. The Morgan fingerprint density at radius 1 is 0.281 bits per heavy atom. The summed E-state index contributed by atoms with van der Waals surface area (Å²) in [5.41, 5.74) is 16.3. The second kappa shape index (κ2) is 15.8. The molecule has 2 heteroatoms. The maximum absolute atomic E-state index is 2.44. The molecule has 0 bridgehead atoms. The summed E-state index contributed by atoms with van der Waals surface area (Å²) in [7, 11) is 0. The molecule has 0 N–H and O–H groups in total. The third-order valence-corrected chi connectivity index (χ3v) is 12.8. The highest BCUT2D eigenvalue weighted by Crippen LogP contribution is 2.46. The van der Waals surface area contributed by atoms with Crippen molar-refractivity contribution in [3.8, 4) is 50.2 Å². The van der Waals surface area contributed by atoms with Crippen LogP contribution < -0.4 is 4.90 Å². The van der Waals surface area contributed by atoms with Gasteiger partial charge in [0.15, 0.2) is 0 Å². The Bertz CT molecular complexity index is 3650. The van der Waals surface area contributed by atoms with Gasteiger partial charge in [-0.25, -0.2) is 0 Å². The first kappa shape index (κ1) is 37.3. The largest absolute Gasteiger partial charge is 0.310 e. The van der Waals surface area contributed by atoms with Crippen molar-refractivity contribution < 1.29 is 0 Å². The zero-order valence-corrected chi connectivity index (χ0v) is 35.1. The molecule has 1 heterocycles. The fourth-order valence-corrected chi connectivity index (χ4v) is 9.85. The molecule has 300 valence electrons. The predicted molar refractivity (Wildman–Crippen MR) is 272 cm³/mol. The molecule has 0 aliphatic carbocycles. The molecule has 11 aromatic carbocycles. The molecule has 0 atom stereocenters. The van der Waals surface area contributed by atoms with Crippen molar-refractivity contribution in [1.29, 1.82) is 0 Å². The van der Waals surface area contributed by atoms with E-state index in [1.54, 1.807) is 0 Å². The van der Waals surface area contributed by atoms with E-state index in [1.165, 1.54) is 76.7 Å². The molecule has 64 heavy (non-hydrogen) atoms. The number of hydrogen-bond donors (Lipinski definition) is 0. The summed E-state index contributed by atoms with van der Waals surface area (Å²) >= 11 is 0. The van der Waals surface area contributed by atoms with Crippen molar-refractivity contribution >= 4 is 60.4 Å². The summed E-state index contributed by atoms with van der Waals surface area (Å²) in [5.74, 6) is 0. The fraction of sp³-hybridized carbons (Fsp3) is 0. The van der Waals surface area contributed by atoms with E-state index < -0.39 is 0 Å². The first-order chi connectivity index (χ1) is 31.8. The van der Waals surface area contributed by atoms with Crippen LogP contribution in [-0.4, -0.2) is 4.57 Å². The van der Waals surface area contributed by atoms with Crippen molar-refractivity contribution in [3.63, 3.8) is 0 Å². The average Bonchev–Trinajstić information content (AvgIpc) is 3.72. The van der Waals surface area contributed by atoms with Gasteiger partial charge in [0.25, 0.3) is 0 Å². The van der Waals surface area contributed by atoms with Gasteiger partial charge >= 0.3 is 0 Å². The van der Waals surface area contributed by atoms with E-state index in [0.29, 0.717) is 0 Å². The third-order valence-electron chi connectivity index (χ3n) is 12.8. The minimum absolute atomic E-state index is 1.08. The van der Waals surface area contributed by atoms with E-state index in [1.807, 2.05) is 0 Å². The lowest BCUT2D eigenvalue weighted by molar-refractivity contribution is 1.18. The van der Waals surface area contributed by atoms with Gasteiger partial charge in [-0.3, -0.25) is 0 Å². The molecular weight excluding hydrogens is 773 g/mol. The van der Waals surface area contributed by atoms with Crippen LogP contribution in [0.2, 0.25) is 0 Å². The molecule has 0 saturated carbocycles. The van der Waals surface area contributed by atoms with Gasteiger partial charge in [-0.05, 0) is 121 Å². The minimum Gasteiger partial charge on any atom is -0.310 e. The average molecular weight is 815 g/mol. The van der Waals surface area contributed by atoms with Crippen molar-refractivity contribution in [3.05, 3.63) is 255 Å². The standard InChI is InChI=1S/C62H42N2/c1-3-18-45(19-4-1)53-29-14-21-46-22-15-31-56(61(46)53)55-27-9-11-32-58(55)63(51-39-37-44(38-40-51)48-36-35-43-17-7-8-20-47(43)41-48)52-26-13-23-49(42-52)54-30-16-34-60-62(54)57-28-10-12-33-59(57)64(60)50-24-5-2-6-25-50/h1-42H. The molecule has 0 aliphatic rings. The van der Waals surface area contributed by atoms with Gasteiger partial charge in [0.05, 0.1) is 16.7 Å². The second-order valence-corrected chi connectivity index (χ2v) is 16.5. The summed E-state index contributed by atoms with van der Waals surface area (Å²) in [4.78, 5) is 2.44. The van der Waals surface area contributed by atoms with Crippen molar-refractivity contribution in [2.75, 3.05) is 4.90 Å². The van der Waals surface area contributed by atoms with E-state index >= 15 is 0 Å². The Hall–Kier alpha value is -8.46. The molecule has 0 saturated heterocycles. The van der Waals surface area contributed by atoms with E-state index in [-0.39, 0.29) is 0 Å². The van der Waals surface area contributed by atoms with Gasteiger partial charge in [0, 0.05) is 33.4 Å². The monoisotopic (exact) mass is 814 g/mol. The lowest BCUT2D eigenvalue weighted by Gasteiger charge is -2.29. The first-order valence-electron chi connectivity index (χ1n) is 22.0. The van der Waals surface area contributed by atoms with Gasteiger partial charge in [0.1, 0.15) is 0 Å². The summed E-state index contributed by atoms with van der Waals surface area (Å²) in [6.45, 7) is 0. The van der Waals surface area contributed by atoms with E-state index in [4.69, 9.17) is 0 Å². The molecule has 12 rings (SSSR count). The lowest BCUT2D eigenvalue weighted by Crippen LogP contribution is -2.11. The zero-order chi connectivity index (χ0) is 42.4. The van der Waals surface area contributed by atoms with Crippen LogP contribution in [0.5, 0.6) is 0 Å². The molecular formula is C62H42N2. The van der Waals surface area contributed by atoms with Crippen LogP contribution >= 0.6 is 0 Å². The Morgan fingerprint density at radius 3 is 1.69 bits per heavy atom. The highest BCUT2D eigenvalue weighted by molar-refractivity contribution is 6.16. The first-order valence-corrected chi connectivity index (χ1v) is 22.0. The predicted octanol–water partition coefficient (Wildman–Crippen LogP) is 17.2. The van der Waals surface area contributed by atoms with Gasteiger partial charge < -0.3 is 9.47 Å². The number of nitrogens with zero attached hydrogens (tertiary/aromatic N) is 2. The number of para-hydroxylation sites is 3. The molecule has 0 unspecified atom stereocenters. The SMILES string of the molecule is c1ccc(-c2cccc3cccc(-c4ccccc4N(c4ccc(-c5ccc6ccccc6c5)cc4)c4cccc(-c5cccc6c5c5ccccc5n6-c5ccccc5)c4)c23)cc1. The molecule has 0 aliphatic heterocycles. The molecule has 0 spiro atoms. The summed E-state index contributed by atoms with van der Waals surface area (Å²) in [6, 6.07) is 92.8. The summed E-state index contributed by atoms with van der Waals surface area (Å²) < 4.78 is 2.39. The van der Waals surface area contributed by atoms with Gasteiger partial charge in [-0.1, -0.05) is 194 Å². The molecule has 1 aromatic heterocycles. The Morgan fingerprint density at radius 2 is 0.859 bits per heavy atom. The topological polar surface area (TPSA) is 8.17 Å². The van der Waals surface area contributed by atoms with E-state index in [9.17, 15) is 0 Å². The summed E-state index contributed by atoms with van der Waals surface area (Å²) in [6.07, 6.45) is 0.